The van der Waals surface area contributed by atoms with Gasteiger partial charge in [-0.1, -0.05) is 78.8 Å². The van der Waals surface area contributed by atoms with Crippen LogP contribution in [-0.4, -0.2) is 276 Å². The number of benzene rings is 1. The molecule has 0 unspecified atom stereocenters. The fourth-order valence-corrected chi connectivity index (χ4v) is 13.8. The highest BCUT2D eigenvalue weighted by Gasteiger charge is 2.48. The Morgan fingerprint density at radius 3 is 1.19 bits per heavy atom. The Bertz CT molecular complexity index is 4630. The average Bonchev–Trinajstić information content (AvgIpc) is 1.59. The number of nitrogens with zero attached hydrogens (tertiary/aromatic N) is 1. The van der Waals surface area contributed by atoms with Gasteiger partial charge in [0.2, 0.25) is 136 Å². The number of aliphatic hydroxyl groups is 1. The number of aliphatic hydroxyl groups excluding tert-OH is 1. The van der Waals surface area contributed by atoms with Crippen molar-refractivity contribution < 1.29 is 115 Å². The van der Waals surface area contributed by atoms with E-state index in [1.54, 1.807) is 71.9 Å². The van der Waals surface area contributed by atoms with Crippen LogP contribution in [0.5, 0.6) is 0 Å². The number of nitrogens with one attached hydrogen (secondary N) is 19. The quantitative estimate of drug-likeness (QED) is 0.0290. The Hall–Kier alpha value is -13.0. The Morgan fingerprint density at radius 1 is 0.391 bits per heavy atom. The van der Waals surface area contributed by atoms with E-state index in [2.05, 4.69) is 101 Å². The summed E-state index contributed by atoms with van der Waals surface area (Å²) in [4.78, 5) is 313. The number of carbonyl (C=O) groups excluding carboxylic acids is 23. The van der Waals surface area contributed by atoms with Crippen LogP contribution in [0.3, 0.4) is 0 Å². The molecule has 2 rings (SSSR count). The maximum absolute atomic E-state index is 14.6. The van der Waals surface area contributed by atoms with Gasteiger partial charge in [0, 0.05) is 32.7 Å². The van der Waals surface area contributed by atoms with Crippen molar-refractivity contribution in [3.8, 4) is 0 Å². The summed E-state index contributed by atoms with van der Waals surface area (Å²) in [6.07, 6.45) is -1.91. The van der Waals surface area contributed by atoms with Crippen LogP contribution < -0.4 is 118 Å². The lowest BCUT2D eigenvalue weighted by molar-refractivity contribution is -0.146. The Morgan fingerprint density at radius 2 is 0.761 bits per heavy atom. The molecule has 1 aliphatic heterocycles. The second-order valence-electron chi connectivity index (χ2n) is 40.0. The number of rotatable bonds is 55. The Kier molecular flexibility index (Phi) is 45.6. The van der Waals surface area contributed by atoms with Crippen molar-refractivity contribution >= 4 is 136 Å². The van der Waals surface area contributed by atoms with Crippen LogP contribution in [0, 0.1) is 17.8 Å². The summed E-state index contributed by atoms with van der Waals surface area (Å²) >= 11 is 0. The lowest BCUT2D eigenvalue weighted by Crippen LogP contribution is -2.67. The third-order valence-electron chi connectivity index (χ3n) is 22.7. The van der Waals surface area contributed by atoms with E-state index in [9.17, 15) is 115 Å². The zero-order valence-corrected chi connectivity index (χ0v) is 84.4. The molecule has 47 nitrogen and oxygen atoms in total. The molecule has 1 aromatic carbocycles. The molecule has 0 aliphatic carbocycles. The maximum atomic E-state index is 14.6. The van der Waals surface area contributed by atoms with Crippen molar-refractivity contribution in [3.63, 3.8) is 0 Å². The molecule has 0 saturated carbocycles. The van der Waals surface area contributed by atoms with Crippen LogP contribution in [-0.2, 0) is 117 Å². The second kappa shape index (κ2) is 52.0. The first-order valence-electron chi connectivity index (χ1n) is 45.9. The molecule has 1 aromatic rings. The van der Waals surface area contributed by atoms with Crippen LogP contribution in [0.1, 0.15) is 250 Å². The minimum absolute atomic E-state index is 0.00642. The summed E-state index contributed by atoms with van der Waals surface area (Å²) < 4.78 is 0. The van der Waals surface area contributed by atoms with E-state index in [-0.39, 0.29) is 51.0 Å². The molecule has 12 atom stereocenters. The number of likely N-dealkylation sites (tertiary alicyclic amines) is 1. The van der Waals surface area contributed by atoms with Gasteiger partial charge in [-0.25, -0.2) is 0 Å². The smallest absolute Gasteiger partial charge is 0.248 e. The van der Waals surface area contributed by atoms with Gasteiger partial charge in [0.05, 0.1) is 19.2 Å². The van der Waals surface area contributed by atoms with E-state index in [0.29, 0.717) is 6.42 Å². The van der Waals surface area contributed by atoms with Crippen LogP contribution >= 0.6 is 0 Å². The normalized spacial score (nSPS) is 15.6. The number of carbonyl (C=O) groups is 23. The number of amides is 23. The standard InChI is InChI=1S/C91H151N23O24/c1-27-91(26,82(137)103-56(36-39-61(93)118)70(125)102-55(35-38-60(92)117)69(124)99-54(45-115)43-53-32-29-28-30-33-53)113-81(136)89(22,23)112-74(129)64(47(4)5)104-73(128)59-34-31-41-114(59)83(138)90(24,25)110-72(127)58(42-46(2)3)100-63(120)44-95-76(131)84(12,13)111-75(130)65(48(6)7)105-80(135)88(20,21)109-71(126)57(37-40-62(94)119)101-66(121)49(8)96-78(133)86(16,17)107-68(123)51(10)98-79(134)87(18,19)108-67(122)50(9)97-77(132)85(14,15)106-52(11)116/h28-30,32-33,46-51,54-59,64-65,115H,27,31,34-45H2,1-26H3,(H2,92,117)(H2,93,118)(H2,94,119)(H,95,131)(H,96,133)(H,97,132)(H,98,134)(H,99,124)(H,100,120)(H,101,121)(H,102,125)(H,103,137)(H,104,128)(H,105,135)(H,106,116)(H,107,123)(H,108,122)(H,109,126)(H,110,127)(H,111,130)(H,112,129)(H,113,136)/t49-,50-,51-,54+,55+,56+,57+,58-,59-,64-,65-,91+/m1/s1. The SMILES string of the molecule is CC[C@](C)(NC(=O)C(C)(C)NC(=O)[C@H](NC(=O)[C@H]1CCCN1C(=O)C(C)(C)NC(=O)[C@@H](CC(C)C)NC(=O)CNC(=O)C(C)(C)NC(=O)[C@H](NC(=O)C(C)(C)NC(=O)[C@H](CCC(N)=O)NC(=O)[C@@H](C)NC(=O)C(C)(C)NC(=O)[C@@H](C)NC(=O)C(C)(C)NC(=O)[C@@H](C)NC(=O)C(C)(C)NC(C)=O)C(C)C)C(C)C)C(=O)N[C@@H](CCC(N)=O)C(=O)N[C@@H](CCC(N)=O)C(=O)N[C@H](CO)Cc1ccccc1. The molecule has 0 radical (unpaired) electrons. The van der Waals surface area contributed by atoms with Crippen LogP contribution in [0.15, 0.2) is 30.3 Å². The van der Waals surface area contributed by atoms with Crippen molar-refractivity contribution in [2.24, 2.45) is 35.0 Å². The number of hydrogen-bond acceptors (Lipinski definition) is 24. The predicted molar refractivity (Wildman–Crippen MR) is 504 cm³/mol. The fourth-order valence-electron chi connectivity index (χ4n) is 13.8. The highest BCUT2D eigenvalue weighted by atomic mass is 16.3. The lowest BCUT2D eigenvalue weighted by Gasteiger charge is -2.36. The Labute approximate surface area is 805 Å². The Balaban J connectivity index is 2.18. The highest BCUT2D eigenvalue weighted by Crippen LogP contribution is 2.25. The van der Waals surface area contributed by atoms with Crippen LogP contribution in [0.25, 0.3) is 0 Å². The van der Waals surface area contributed by atoms with Gasteiger partial charge in [0.15, 0.2) is 0 Å². The monoisotopic (exact) mass is 1950 g/mol. The molecule has 23 amide bonds. The summed E-state index contributed by atoms with van der Waals surface area (Å²) in [6.45, 7) is 35.1. The van der Waals surface area contributed by atoms with Gasteiger partial charge in [0.25, 0.3) is 0 Å². The largest absolute Gasteiger partial charge is 0.394 e. The first-order valence-corrected chi connectivity index (χ1v) is 45.9. The molecule has 0 spiro atoms. The first-order chi connectivity index (χ1) is 63.2. The molecule has 774 valence electrons. The molecule has 47 heteroatoms. The van der Waals surface area contributed by atoms with Crippen molar-refractivity contribution in [3.05, 3.63) is 35.9 Å². The first kappa shape index (κ1) is 121. The van der Waals surface area contributed by atoms with Crippen molar-refractivity contribution in [1.29, 1.82) is 0 Å². The predicted octanol–water partition coefficient (Wildman–Crippen LogP) is -5.04. The average molecular weight is 1950 g/mol. The van der Waals surface area contributed by atoms with Crippen LogP contribution in [0.2, 0.25) is 0 Å². The van der Waals surface area contributed by atoms with Gasteiger partial charge < -0.3 is 128 Å². The number of nitrogens with two attached hydrogens (primary N) is 3. The summed E-state index contributed by atoms with van der Waals surface area (Å²) in [5.41, 5.74) is 3.00. The molecule has 0 bridgehead atoms. The maximum Gasteiger partial charge on any atom is 0.248 e. The molecule has 0 aromatic heterocycles. The van der Waals surface area contributed by atoms with Crippen LogP contribution in [0.4, 0.5) is 0 Å². The van der Waals surface area contributed by atoms with E-state index >= 15 is 0 Å². The van der Waals surface area contributed by atoms with Crippen molar-refractivity contribution in [1.82, 2.24) is 106 Å². The molecule has 1 fully saturated rings. The fraction of sp³-hybridized carbons (Fsp3) is 0.681. The molecule has 26 N–H and O–H groups in total. The minimum Gasteiger partial charge on any atom is -0.394 e. The summed E-state index contributed by atoms with van der Waals surface area (Å²) in [7, 11) is 0. The molecular weight excluding hydrogens is 1800 g/mol. The van der Waals surface area contributed by atoms with Gasteiger partial charge in [-0.05, 0) is 199 Å². The lowest BCUT2D eigenvalue weighted by atomic mass is 9.93. The van der Waals surface area contributed by atoms with E-state index in [0.717, 1.165) is 5.56 Å². The molecule has 1 aliphatic rings. The third-order valence-corrected chi connectivity index (χ3v) is 22.7. The molecular formula is C91H151N23O24. The molecule has 138 heavy (non-hydrogen) atoms. The zero-order chi connectivity index (χ0) is 106. The van der Waals surface area contributed by atoms with Gasteiger partial charge >= 0.3 is 0 Å². The van der Waals surface area contributed by atoms with Gasteiger partial charge in [-0.3, -0.25) is 110 Å². The molecule has 1 heterocycles. The third kappa shape index (κ3) is 38.5. The van der Waals surface area contributed by atoms with Gasteiger partial charge in [-0.2, -0.15) is 0 Å². The minimum atomic E-state index is -1.91. The zero-order valence-electron chi connectivity index (χ0n) is 84.4. The van der Waals surface area contributed by atoms with Gasteiger partial charge in [-0.15, -0.1) is 0 Å². The van der Waals surface area contributed by atoms with E-state index in [4.69, 9.17) is 17.2 Å². The summed E-state index contributed by atoms with van der Waals surface area (Å²) in [6, 6.07) is -5.84. The van der Waals surface area contributed by atoms with E-state index in [1.165, 1.54) is 143 Å². The van der Waals surface area contributed by atoms with Crippen molar-refractivity contribution in [2.75, 3.05) is 19.7 Å². The van der Waals surface area contributed by atoms with E-state index < -0.39 is 297 Å². The summed E-state index contributed by atoms with van der Waals surface area (Å²) in [5.74, 6) is -21.3. The van der Waals surface area contributed by atoms with Gasteiger partial charge in [0.1, 0.15) is 105 Å². The summed E-state index contributed by atoms with van der Waals surface area (Å²) in [5, 5.41) is 58.3. The molecule has 1 saturated heterocycles. The topological polar surface area (TPSA) is 723 Å². The number of hydrogen-bond donors (Lipinski definition) is 23. The number of primary amides is 3. The van der Waals surface area contributed by atoms with E-state index in [1.807, 2.05) is 0 Å². The van der Waals surface area contributed by atoms with Crippen molar-refractivity contribution in [2.45, 2.75) is 361 Å². The highest BCUT2D eigenvalue weighted by molar-refractivity contribution is 6.05. The second-order valence-corrected chi connectivity index (χ2v) is 40.0.